The minimum Gasteiger partial charge on any atom is -0.495 e. The molecule has 1 heterocycles. The van der Waals surface area contributed by atoms with Crippen molar-refractivity contribution >= 4 is 11.6 Å². The molecule has 1 atom stereocenters. The maximum absolute atomic E-state index is 5.90. The lowest BCUT2D eigenvalue weighted by Crippen LogP contribution is -2.19. The molecular formula is C14H15ClN2O. The fraction of sp³-hybridized carbons (Fsp3) is 0.214. The fourth-order valence-electron chi connectivity index (χ4n) is 1.91. The SMILES string of the molecule is CNC(c1ccc(Cl)cc1)c1ncccc1OC. The van der Waals surface area contributed by atoms with Crippen molar-refractivity contribution in [2.75, 3.05) is 14.2 Å². The lowest BCUT2D eigenvalue weighted by atomic mass is 10.0. The zero-order valence-electron chi connectivity index (χ0n) is 10.4. The van der Waals surface area contributed by atoms with Crippen LogP contribution in [0.2, 0.25) is 5.02 Å². The molecule has 0 aliphatic carbocycles. The molecule has 0 spiro atoms. The molecule has 3 nitrogen and oxygen atoms in total. The highest BCUT2D eigenvalue weighted by Gasteiger charge is 2.17. The molecule has 18 heavy (non-hydrogen) atoms. The fourth-order valence-corrected chi connectivity index (χ4v) is 2.03. The van der Waals surface area contributed by atoms with Gasteiger partial charge < -0.3 is 10.1 Å². The third kappa shape index (κ3) is 2.63. The highest BCUT2D eigenvalue weighted by Crippen LogP contribution is 2.28. The van der Waals surface area contributed by atoms with Crippen molar-refractivity contribution < 1.29 is 4.74 Å². The Labute approximate surface area is 112 Å². The van der Waals surface area contributed by atoms with Crippen LogP contribution in [-0.2, 0) is 0 Å². The zero-order valence-corrected chi connectivity index (χ0v) is 11.1. The van der Waals surface area contributed by atoms with Crippen LogP contribution in [0.15, 0.2) is 42.6 Å². The van der Waals surface area contributed by atoms with Crippen LogP contribution >= 0.6 is 11.6 Å². The van der Waals surface area contributed by atoms with Crippen LogP contribution in [0.5, 0.6) is 5.75 Å². The monoisotopic (exact) mass is 262 g/mol. The van der Waals surface area contributed by atoms with E-state index in [9.17, 15) is 0 Å². The summed E-state index contributed by atoms with van der Waals surface area (Å²) in [6.45, 7) is 0. The number of hydrogen-bond acceptors (Lipinski definition) is 3. The summed E-state index contributed by atoms with van der Waals surface area (Å²) in [4.78, 5) is 4.40. The Kier molecular flexibility index (Phi) is 4.18. The maximum atomic E-state index is 5.90. The van der Waals surface area contributed by atoms with Gasteiger partial charge in [0.25, 0.3) is 0 Å². The van der Waals surface area contributed by atoms with Crippen LogP contribution in [0.25, 0.3) is 0 Å². The van der Waals surface area contributed by atoms with Gasteiger partial charge in [0.2, 0.25) is 0 Å². The zero-order chi connectivity index (χ0) is 13.0. The normalized spacial score (nSPS) is 12.2. The number of hydrogen-bond donors (Lipinski definition) is 1. The summed E-state index contributed by atoms with van der Waals surface area (Å²) in [7, 11) is 3.54. The highest BCUT2D eigenvalue weighted by molar-refractivity contribution is 6.30. The van der Waals surface area contributed by atoms with Gasteiger partial charge in [-0.3, -0.25) is 4.98 Å². The first-order valence-electron chi connectivity index (χ1n) is 5.68. The third-order valence-corrected chi connectivity index (χ3v) is 3.04. The minimum absolute atomic E-state index is 0.0154. The van der Waals surface area contributed by atoms with E-state index in [1.807, 2.05) is 43.4 Å². The summed E-state index contributed by atoms with van der Waals surface area (Å²) in [5.41, 5.74) is 1.96. The Bertz CT molecular complexity index is 513. The number of aromatic nitrogens is 1. The van der Waals surface area contributed by atoms with Crippen LogP contribution in [0.4, 0.5) is 0 Å². The second-order valence-corrected chi connectivity index (χ2v) is 4.30. The molecule has 1 aromatic heterocycles. The van der Waals surface area contributed by atoms with E-state index in [0.29, 0.717) is 0 Å². The molecule has 0 radical (unpaired) electrons. The maximum Gasteiger partial charge on any atom is 0.142 e. The average molecular weight is 263 g/mol. The Morgan fingerprint density at radius 2 is 1.94 bits per heavy atom. The van der Waals surface area contributed by atoms with Gasteiger partial charge >= 0.3 is 0 Å². The van der Waals surface area contributed by atoms with E-state index < -0.39 is 0 Å². The number of methoxy groups -OCH3 is 1. The molecule has 4 heteroatoms. The standard InChI is InChI=1S/C14H15ClN2O/c1-16-13(10-5-7-11(15)8-6-10)14-12(18-2)4-3-9-17-14/h3-9,13,16H,1-2H3. The van der Waals surface area contributed by atoms with Gasteiger partial charge in [-0.1, -0.05) is 23.7 Å². The summed E-state index contributed by atoms with van der Waals surface area (Å²) >= 11 is 5.90. The first kappa shape index (κ1) is 12.9. The van der Waals surface area contributed by atoms with Gasteiger partial charge in [0.1, 0.15) is 11.4 Å². The molecule has 2 rings (SSSR count). The van der Waals surface area contributed by atoms with Crippen LogP contribution in [0, 0.1) is 0 Å². The van der Waals surface area contributed by atoms with Crippen molar-refractivity contribution in [2.24, 2.45) is 0 Å². The lowest BCUT2D eigenvalue weighted by Gasteiger charge is -2.18. The summed E-state index contributed by atoms with van der Waals surface area (Å²) < 4.78 is 5.34. The molecule has 0 fully saturated rings. The van der Waals surface area contributed by atoms with E-state index in [4.69, 9.17) is 16.3 Å². The van der Waals surface area contributed by atoms with Gasteiger partial charge in [0, 0.05) is 11.2 Å². The lowest BCUT2D eigenvalue weighted by molar-refractivity contribution is 0.401. The van der Waals surface area contributed by atoms with Crippen molar-refractivity contribution in [2.45, 2.75) is 6.04 Å². The van der Waals surface area contributed by atoms with Crippen LogP contribution in [0.3, 0.4) is 0 Å². The van der Waals surface area contributed by atoms with E-state index >= 15 is 0 Å². The molecule has 94 valence electrons. The summed E-state index contributed by atoms with van der Waals surface area (Å²) in [6.07, 6.45) is 1.76. The molecule has 0 bridgehead atoms. The van der Waals surface area contributed by atoms with E-state index in [2.05, 4.69) is 10.3 Å². The van der Waals surface area contributed by atoms with E-state index in [0.717, 1.165) is 22.0 Å². The van der Waals surface area contributed by atoms with Gasteiger partial charge in [-0.15, -0.1) is 0 Å². The van der Waals surface area contributed by atoms with Crippen molar-refractivity contribution in [1.29, 1.82) is 0 Å². The number of benzene rings is 1. The number of nitrogens with zero attached hydrogens (tertiary/aromatic N) is 1. The van der Waals surface area contributed by atoms with Gasteiger partial charge in [-0.05, 0) is 36.9 Å². The quantitative estimate of drug-likeness (QED) is 0.920. The molecular weight excluding hydrogens is 248 g/mol. The van der Waals surface area contributed by atoms with Crippen LogP contribution in [-0.4, -0.2) is 19.1 Å². The molecule has 1 N–H and O–H groups in total. The van der Waals surface area contributed by atoms with Gasteiger partial charge in [0.05, 0.1) is 13.2 Å². The summed E-state index contributed by atoms with van der Waals surface area (Å²) in [5.74, 6) is 0.770. The number of rotatable bonds is 4. The Morgan fingerprint density at radius 3 is 2.56 bits per heavy atom. The highest BCUT2D eigenvalue weighted by atomic mass is 35.5. The smallest absolute Gasteiger partial charge is 0.142 e. The molecule has 0 aliphatic heterocycles. The Balaban J connectivity index is 2.41. The summed E-state index contributed by atoms with van der Waals surface area (Å²) in [5, 5.41) is 3.97. The summed E-state index contributed by atoms with van der Waals surface area (Å²) in [6, 6.07) is 11.5. The predicted molar refractivity (Wildman–Crippen MR) is 73.1 cm³/mol. The number of nitrogens with one attached hydrogen (secondary N) is 1. The first-order chi connectivity index (χ1) is 8.76. The van der Waals surface area contributed by atoms with Gasteiger partial charge in [-0.2, -0.15) is 0 Å². The number of ether oxygens (including phenoxy) is 1. The molecule has 1 unspecified atom stereocenters. The Morgan fingerprint density at radius 1 is 1.22 bits per heavy atom. The van der Waals surface area contributed by atoms with Crippen molar-refractivity contribution in [3.8, 4) is 5.75 Å². The predicted octanol–water partition coefficient (Wildman–Crippen LogP) is 3.05. The first-order valence-corrected chi connectivity index (χ1v) is 6.05. The number of pyridine rings is 1. The van der Waals surface area contributed by atoms with E-state index in [1.54, 1.807) is 13.3 Å². The third-order valence-electron chi connectivity index (χ3n) is 2.79. The van der Waals surface area contributed by atoms with Gasteiger partial charge in [-0.25, -0.2) is 0 Å². The van der Waals surface area contributed by atoms with Crippen molar-refractivity contribution in [3.05, 3.63) is 58.9 Å². The molecule has 2 aromatic rings. The molecule has 0 saturated carbocycles. The van der Waals surface area contributed by atoms with Crippen molar-refractivity contribution in [3.63, 3.8) is 0 Å². The topological polar surface area (TPSA) is 34.2 Å². The second-order valence-electron chi connectivity index (χ2n) is 3.86. The van der Waals surface area contributed by atoms with Crippen molar-refractivity contribution in [1.82, 2.24) is 10.3 Å². The number of halogens is 1. The Hall–Kier alpha value is -1.58. The average Bonchev–Trinajstić information content (AvgIpc) is 2.42. The molecule has 0 aliphatic rings. The van der Waals surface area contributed by atoms with E-state index in [1.165, 1.54) is 0 Å². The molecule has 0 amide bonds. The van der Waals surface area contributed by atoms with Gasteiger partial charge in [0.15, 0.2) is 0 Å². The van der Waals surface area contributed by atoms with E-state index in [-0.39, 0.29) is 6.04 Å². The van der Waals surface area contributed by atoms with Crippen LogP contribution < -0.4 is 10.1 Å². The molecule has 1 aromatic carbocycles. The second kappa shape index (κ2) is 5.85. The van der Waals surface area contributed by atoms with Crippen LogP contribution in [0.1, 0.15) is 17.3 Å². The largest absolute Gasteiger partial charge is 0.495 e. The molecule has 0 saturated heterocycles. The minimum atomic E-state index is -0.0154.